The van der Waals surface area contributed by atoms with Crippen molar-refractivity contribution in [1.82, 2.24) is 14.9 Å². The minimum atomic E-state index is -1.57. The van der Waals surface area contributed by atoms with Crippen molar-refractivity contribution in [1.29, 1.82) is 0 Å². The fraction of sp³-hybridized carbons (Fsp3) is 0.211. The normalized spacial score (nSPS) is 13.3. The lowest BCUT2D eigenvalue weighted by Crippen LogP contribution is -2.49. The summed E-state index contributed by atoms with van der Waals surface area (Å²) >= 11 is 0. The van der Waals surface area contributed by atoms with Gasteiger partial charge >= 0.3 is 11.7 Å². The Morgan fingerprint density at radius 2 is 1.88 bits per heavy atom. The summed E-state index contributed by atoms with van der Waals surface area (Å²) in [5.41, 5.74) is 0.144. The molecule has 3 N–H and O–H groups in total. The van der Waals surface area contributed by atoms with Gasteiger partial charge in [-0.3, -0.25) is 9.36 Å². The molecule has 26 heavy (non-hydrogen) atoms. The summed E-state index contributed by atoms with van der Waals surface area (Å²) in [4.78, 5) is 39.2. The topological polar surface area (TPSA) is 104 Å². The molecule has 134 valence electrons. The maximum absolute atomic E-state index is 12.7. The van der Waals surface area contributed by atoms with E-state index in [4.69, 9.17) is 0 Å². The fourth-order valence-corrected chi connectivity index (χ4v) is 2.93. The van der Waals surface area contributed by atoms with Crippen molar-refractivity contribution in [3.8, 4) is 0 Å². The van der Waals surface area contributed by atoms with E-state index in [2.05, 4.69) is 10.3 Å². The molecular formula is C19H19N3O4. The zero-order valence-corrected chi connectivity index (χ0v) is 14.4. The summed E-state index contributed by atoms with van der Waals surface area (Å²) in [5.74, 6) is -1.69. The van der Waals surface area contributed by atoms with Crippen LogP contribution in [0.4, 0.5) is 0 Å². The second-order valence-corrected chi connectivity index (χ2v) is 6.16. The molecule has 0 radical (unpaired) electrons. The van der Waals surface area contributed by atoms with Crippen molar-refractivity contribution in [2.45, 2.75) is 25.9 Å². The smallest absolute Gasteiger partial charge is 0.333 e. The number of fused-ring (bicyclic) bond motifs is 1. The van der Waals surface area contributed by atoms with Gasteiger partial charge in [0.05, 0.1) is 11.0 Å². The number of amides is 1. The van der Waals surface area contributed by atoms with Gasteiger partial charge < -0.3 is 15.4 Å². The molecule has 1 heterocycles. The van der Waals surface area contributed by atoms with Gasteiger partial charge in [0.1, 0.15) is 0 Å². The largest absolute Gasteiger partial charge is 0.479 e. The molecule has 0 fully saturated rings. The predicted octanol–water partition coefficient (Wildman–Crippen LogP) is 2.08. The van der Waals surface area contributed by atoms with E-state index in [1.54, 1.807) is 48.5 Å². The van der Waals surface area contributed by atoms with Crippen LogP contribution < -0.4 is 11.0 Å². The first-order valence-corrected chi connectivity index (χ1v) is 8.21. The third-order valence-electron chi connectivity index (χ3n) is 4.50. The van der Waals surface area contributed by atoms with Crippen LogP contribution in [0.1, 0.15) is 29.8 Å². The maximum Gasteiger partial charge on any atom is 0.333 e. The number of hydrogen-bond donors (Lipinski definition) is 3. The van der Waals surface area contributed by atoms with Gasteiger partial charge in [0.2, 0.25) is 0 Å². The Morgan fingerprint density at radius 3 is 2.50 bits per heavy atom. The average molecular weight is 353 g/mol. The number of aromatic amines is 1. The SMILES string of the molecule is CCn1c(=O)[nH]c2ccc(C(=O)NC(C)(C(=O)O)c3ccccc3)cc21. The lowest BCUT2D eigenvalue weighted by Gasteiger charge is -2.26. The molecule has 3 rings (SSSR count). The third-order valence-corrected chi connectivity index (χ3v) is 4.50. The fourth-order valence-electron chi connectivity index (χ4n) is 2.93. The number of nitrogens with zero attached hydrogens (tertiary/aromatic N) is 1. The second-order valence-electron chi connectivity index (χ2n) is 6.16. The highest BCUT2D eigenvalue weighted by molar-refractivity contribution is 6.00. The van der Waals surface area contributed by atoms with Gasteiger partial charge in [-0.15, -0.1) is 0 Å². The average Bonchev–Trinajstić information content (AvgIpc) is 2.96. The van der Waals surface area contributed by atoms with Crippen molar-refractivity contribution < 1.29 is 14.7 Å². The summed E-state index contributed by atoms with van der Waals surface area (Å²) in [6.07, 6.45) is 0. The highest BCUT2D eigenvalue weighted by atomic mass is 16.4. The van der Waals surface area contributed by atoms with Crippen molar-refractivity contribution >= 4 is 22.9 Å². The number of aliphatic carboxylic acids is 1. The van der Waals surface area contributed by atoms with Gasteiger partial charge in [-0.25, -0.2) is 9.59 Å². The molecule has 2 aromatic carbocycles. The minimum Gasteiger partial charge on any atom is -0.479 e. The van der Waals surface area contributed by atoms with Gasteiger partial charge in [0, 0.05) is 12.1 Å². The molecule has 0 aliphatic carbocycles. The lowest BCUT2D eigenvalue weighted by molar-refractivity contribution is -0.144. The van der Waals surface area contributed by atoms with E-state index in [-0.39, 0.29) is 11.3 Å². The van der Waals surface area contributed by atoms with E-state index in [0.29, 0.717) is 23.1 Å². The lowest BCUT2D eigenvalue weighted by atomic mass is 9.91. The number of carbonyl (C=O) groups is 2. The minimum absolute atomic E-state index is 0.250. The van der Waals surface area contributed by atoms with Gasteiger partial charge in [-0.05, 0) is 37.6 Å². The van der Waals surface area contributed by atoms with Gasteiger partial charge in [-0.2, -0.15) is 0 Å². The molecule has 1 atom stereocenters. The first-order chi connectivity index (χ1) is 12.4. The summed E-state index contributed by atoms with van der Waals surface area (Å²) in [5, 5.41) is 12.3. The molecule has 7 nitrogen and oxygen atoms in total. The number of aryl methyl sites for hydroxylation is 1. The van der Waals surface area contributed by atoms with Crippen LogP contribution in [0.15, 0.2) is 53.3 Å². The highest BCUT2D eigenvalue weighted by Crippen LogP contribution is 2.22. The molecule has 3 aromatic rings. The first-order valence-electron chi connectivity index (χ1n) is 8.21. The summed E-state index contributed by atoms with van der Waals surface area (Å²) in [7, 11) is 0. The summed E-state index contributed by atoms with van der Waals surface area (Å²) < 4.78 is 1.51. The third kappa shape index (κ3) is 2.88. The number of benzene rings is 2. The van der Waals surface area contributed by atoms with E-state index in [9.17, 15) is 19.5 Å². The zero-order chi connectivity index (χ0) is 18.9. The quantitative estimate of drug-likeness (QED) is 0.653. The van der Waals surface area contributed by atoms with Crippen LogP contribution in [0.25, 0.3) is 11.0 Å². The number of imidazole rings is 1. The molecule has 7 heteroatoms. The van der Waals surface area contributed by atoms with E-state index >= 15 is 0 Å². The molecular weight excluding hydrogens is 334 g/mol. The Morgan fingerprint density at radius 1 is 1.19 bits per heavy atom. The number of carbonyl (C=O) groups excluding carboxylic acids is 1. The number of nitrogens with one attached hydrogen (secondary N) is 2. The summed E-state index contributed by atoms with van der Waals surface area (Å²) in [6, 6.07) is 13.3. The highest BCUT2D eigenvalue weighted by Gasteiger charge is 2.37. The van der Waals surface area contributed by atoms with E-state index in [1.165, 1.54) is 11.5 Å². The molecule has 0 aliphatic rings. The molecule has 0 bridgehead atoms. The van der Waals surface area contributed by atoms with Gasteiger partial charge in [0.25, 0.3) is 5.91 Å². The van der Waals surface area contributed by atoms with E-state index in [0.717, 1.165) is 0 Å². The van der Waals surface area contributed by atoms with Crippen LogP contribution in [0.2, 0.25) is 0 Å². The van der Waals surface area contributed by atoms with Crippen LogP contribution in [0.5, 0.6) is 0 Å². The van der Waals surface area contributed by atoms with Crippen LogP contribution in [0, 0.1) is 0 Å². The monoisotopic (exact) mass is 353 g/mol. The first kappa shape index (κ1) is 17.5. The number of carboxylic acid groups (broad SMARTS) is 1. The second kappa shape index (κ2) is 6.51. The van der Waals surface area contributed by atoms with Crippen LogP contribution >= 0.6 is 0 Å². The molecule has 1 amide bonds. The van der Waals surface area contributed by atoms with Crippen LogP contribution in [-0.4, -0.2) is 26.5 Å². The Labute approximate surface area is 149 Å². The Bertz CT molecular complexity index is 1040. The Kier molecular flexibility index (Phi) is 4.38. The predicted molar refractivity (Wildman–Crippen MR) is 97.1 cm³/mol. The standard InChI is InChI=1S/C19H19N3O4/c1-3-22-15-11-12(9-10-14(15)20-18(22)26)16(23)21-19(2,17(24)25)13-7-5-4-6-8-13/h4-11H,3H2,1-2H3,(H,20,26)(H,21,23)(H,24,25). The number of hydrogen-bond acceptors (Lipinski definition) is 3. The maximum atomic E-state index is 12.7. The van der Waals surface area contributed by atoms with E-state index in [1.807, 2.05) is 6.92 Å². The molecule has 0 saturated carbocycles. The Hall–Kier alpha value is -3.35. The van der Waals surface area contributed by atoms with Crippen LogP contribution in [-0.2, 0) is 16.9 Å². The zero-order valence-electron chi connectivity index (χ0n) is 14.4. The summed E-state index contributed by atoms with van der Waals surface area (Å²) in [6.45, 7) is 3.73. The van der Waals surface area contributed by atoms with E-state index < -0.39 is 17.4 Å². The van der Waals surface area contributed by atoms with Crippen molar-refractivity contribution in [2.24, 2.45) is 0 Å². The van der Waals surface area contributed by atoms with Crippen molar-refractivity contribution in [3.05, 3.63) is 70.1 Å². The Balaban J connectivity index is 1.99. The molecule has 0 spiro atoms. The molecule has 0 saturated heterocycles. The van der Waals surface area contributed by atoms with Crippen LogP contribution in [0.3, 0.4) is 0 Å². The van der Waals surface area contributed by atoms with Crippen molar-refractivity contribution in [2.75, 3.05) is 0 Å². The van der Waals surface area contributed by atoms with Crippen molar-refractivity contribution in [3.63, 3.8) is 0 Å². The van der Waals surface area contributed by atoms with Gasteiger partial charge in [-0.1, -0.05) is 30.3 Å². The number of carboxylic acids is 1. The van der Waals surface area contributed by atoms with Gasteiger partial charge in [0.15, 0.2) is 5.54 Å². The number of aromatic nitrogens is 2. The number of H-pyrrole nitrogens is 1. The number of rotatable bonds is 5. The molecule has 0 aliphatic heterocycles. The molecule has 1 unspecified atom stereocenters. The molecule has 1 aromatic heterocycles.